The first-order chi connectivity index (χ1) is 8.36. The van der Waals surface area contributed by atoms with Crippen molar-refractivity contribution in [2.45, 2.75) is 45.2 Å². The predicted molar refractivity (Wildman–Crippen MR) is 71.8 cm³/mol. The van der Waals surface area contributed by atoms with Gasteiger partial charge >= 0.3 is 0 Å². The Bertz CT molecular complexity index is 479. The first-order valence-corrected chi connectivity index (χ1v) is 8.18. The summed E-state index contributed by atoms with van der Waals surface area (Å²) in [5, 5.41) is 0. The summed E-state index contributed by atoms with van der Waals surface area (Å²) in [5.74, 6) is 0.745. The molecule has 0 aromatic carbocycles. The standard InChI is InChI=1S/C13H12Cl4O/c14-10-5-1-3-7-8-4-2-6(5)11(15,9(10)18)13(8,17)12(7,10)16/h5-8H,1-4H2. The zero-order chi connectivity index (χ0) is 12.7. The van der Waals surface area contributed by atoms with Crippen LogP contribution in [0.1, 0.15) is 25.7 Å². The summed E-state index contributed by atoms with van der Waals surface area (Å²) in [6.07, 6.45) is 4.07. The quantitative estimate of drug-likeness (QED) is 0.622. The maximum atomic E-state index is 12.8. The number of rotatable bonds is 0. The number of hydrogen-bond acceptors (Lipinski definition) is 1. The normalized spacial score (nSPS) is 74.8. The van der Waals surface area contributed by atoms with Crippen LogP contribution in [0.5, 0.6) is 0 Å². The van der Waals surface area contributed by atoms with E-state index in [1.54, 1.807) is 0 Å². The molecule has 5 rings (SSSR count). The first kappa shape index (κ1) is 11.5. The van der Waals surface area contributed by atoms with Crippen LogP contribution < -0.4 is 0 Å². The summed E-state index contributed by atoms with van der Waals surface area (Å²) in [5.41, 5.74) is 0. The highest BCUT2D eigenvalue weighted by molar-refractivity contribution is 6.61. The fourth-order valence-corrected chi connectivity index (χ4v) is 9.51. The van der Waals surface area contributed by atoms with Gasteiger partial charge in [-0.15, -0.1) is 46.4 Å². The third-order valence-electron chi connectivity index (χ3n) is 6.84. The number of halogens is 4. The molecule has 5 fully saturated rings. The zero-order valence-corrected chi connectivity index (χ0v) is 12.6. The molecule has 0 spiro atoms. The molecule has 0 aliphatic heterocycles. The van der Waals surface area contributed by atoms with Crippen LogP contribution in [0.3, 0.4) is 0 Å². The molecule has 8 atom stereocenters. The SMILES string of the molecule is O=C1C2(Cl)C3CCC4C5CCC3C1(Cl)C5(Cl)C42Cl. The number of Topliss-reactive ketones (excluding diaryl/α,β-unsaturated/α-hetero) is 1. The highest BCUT2D eigenvalue weighted by atomic mass is 35.5. The van der Waals surface area contributed by atoms with Crippen LogP contribution in [0.2, 0.25) is 0 Å². The summed E-state index contributed by atoms with van der Waals surface area (Å²) in [6, 6.07) is 0. The van der Waals surface area contributed by atoms with Crippen LogP contribution in [-0.2, 0) is 4.79 Å². The highest BCUT2D eigenvalue weighted by Crippen LogP contribution is 2.88. The molecule has 0 aromatic heterocycles. The van der Waals surface area contributed by atoms with Crippen molar-refractivity contribution in [2.75, 3.05) is 0 Å². The van der Waals surface area contributed by atoms with E-state index in [4.69, 9.17) is 46.4 Å². The van der Waals surface area contributed by atoms with Gasteiger partial charge in [0.25, 0.3) is 0 Å². The van der Waals surface area contributed by atoms with Gasteiger partial charge in [-0.3, -0.25) is 4.79 Å². The molecule has 0 amide bonds. The third kappa shape index (κ3) is 0.630. The van der Waals surface area contributed by atoms with Crippen LogP contribution in [0.4, 0.5) is 0 Å². The molecular weight excluding hydrogens is 314 g/mol. The van der Waals surface area contributed by atoms with Gasteiger partial charge in [0.2, 0.25) is 0 Å². The van der Waals surface area contributed by atoms with Crippen molar-refractivity contribution >= 4 is 52.2 Å². The average molecular weight is 326 g/mol. The van der Waals surface area contributed by atoms with Gasteiger partial charge in [-0.05, 0) is 49.4 Å². The molecular formula is C13H12Cl4O. The number of fused-ring (bicyclic) bond motifs is 2. The van der Waals surface area contributed by atoms with Gasteiger partial charge in [-0.25, -0.2) is 0 Å². The second-order valence-corrected chi connectivity index (χ2v) is 9.14. The van der Waals surface area contributed by atoms with Crippen LogP contribution in [0.25, 0.3) is 0 Å². The molecule has 0 saturated heterocycles. The Morgan fingerprint density at radius 2 is 1.06 bits per heavy atom. The van der Waals surface area contributed by atoms with Crippen molar-refractivity contribution in [1.82, 2.24) is 0 Å². The molecule has 0 heterocycles. The minimum absolute atomic E-state index is 0.0646. The van der Waals surface area contributed by atoms with Crippen LogP contribution in [0.15, 0.2) is 0 Å². The number of ketones is 1. The fourth-order valence-electron chi connectivity index (χ4n) is 6.41. The second-order valence-electron chi connectivity index (χ2n) is 6.76. The Balaban J connectivity index is 1.92. The Labute approximate surface area is 125 Å². The van der Waals surface area contributed by atoms with Crippen LogP contribution in [-0.4, -0.2) is 25.3 Å². The second kappa shape index (κ2) is 2.63. The minimum Gasteiger partial charge on any atom is -0.296 e. The van der Waals surface area contributed by atoms with E-state index in [0.29, 0.717) is 0 Å². The molecule has 5 aliphatic rings. The van der Waals surface area contributed by atoms with Gasteiger partial charge in [0.1, 0.15) is 9.75 Å². The fraction of sp³-hybridized carbons (Fsp3) is 0.923. The Morgan fingerprint density at radius 1 is 0.722 bits per heavy atom. The Kier molecular flexibility index (Phi) is 1.68. The van der Waals surface area contributed by atoms with E-state index >= 15 is 0 Å². The van der Waals surface area contributed by atoms with Crippen molar-refractivity contribution in [3.63, 3.8) is 0 Å². The lowest BCUT2D eigenvalue weighted by Gasteiger charge is -2.75. The summed E-state index contributed by atoms with van der Waals surface area (Å²) in [7, 11) is 0. The van der Waals surface area contributed by atoms with Crippen molar-refractivity contribution in [1.29, 1.82) is 0 Å². The van der Waals surface area contributed by atoms with Crippen molar-refractivity contribution in [2.24, 2.45) is 23.7 Å². The molecule has 2 bridgehead atoms. The lowest BCUT2D eigenvalue weighted by molar-refractivity contribution is -0.120. The maximum Gasteiger partial charge on any atom is 0.178 e. The van der Waals surface area contributed by atoms with Gasteiger partial charge in [0.05, 0.1) is 9.75 Å². The zero-order valence-electron chi connectivity index (χ0n) is 9.56. The van der Waals surface area contributed by atoms with Gasteiger partial charge in [-0.2, -0.15) is 0 Å². The van der Waals surface area contributed by atoms with Gasteiger partial charge in [0.15, 0.2) is 5.78 Å². The van der Waals surface area contributed by atoms with Gasteiger partial charge in [0, 0.05) is 0 Å². The maximum absolute atomic E-state index is 12.8. The molecule has 98 valence electrons. The number of alkyl halides is 4. The predicted octanol–water partition coefficient (Wildman–Crippen LogP) is 3.56. The van der Waals surface area contributed by atoms with Gasteiger partial charge in [-0.1, -0.05) is 0 Å². The molecule has 8 unspecified atom stereocenters. The molecule has 5 saturated carbocycles. The molecule has 5 heteroatoms. The van der Waals surface area contributed by atoms with E-state index in [2.05, 4.69) is 0 Å². The lowest BCUT2D eigenvalue weighted by Crippen LogP contribution is -2.84. The van der Waals surface area contributed by atoms with E-state index in [9.17, 15) is 4.79 Å². The van der Waals surface area contributed by atoms with Crippen molar-refractivity contribution in [3.05, 3.63) is 0 Å². The minimum atomic E-state index is -0.997. The molecule has 18 heavy (non-hydrogen) atoms. The average Bonchev–Trinajstić information content (AvgIpc) is 2.54. The van der Waals surface area contributed by atoms with E-state index in [-0.39, 0.29) is 29.5 Å². The Morgan fingerprint density at radius 3 is 1.44 bits per heavy atom. The van der Waals surface area contributed by atoms with E-state index in [0.717, 1.165) is 25.7 Å². The third-order valence-corrected chi connectivity index (χ3v) is 10.4. The smallest absolute Gasteiger partial charge is 0.178 e. The molecule has 0 radical (unpaired) electrons. The number of hydrogen-bond donors (Lipinski definition) is 0. The van der Waals surface area contributed by atoms with Crippen molar-refractivity contribution < 1.29 is 4.79 Å². The summed E-state index contributed by atoms with van der Waals surface area (Å²) in [6.45, 7) is 0. The highest BCUT2D eigenvalue weighted by Gasteiger charge is 2.99. The largest absolute Gasteiger partial charge is 0.296 e. The molecule has 5 aliphatic carbocycles. The molecule has 1 nitrogen and oxygen atoms in total. The topological polar surface area (TPSA) is 17.1 Å². The molecule has 0 aromatic rings. The van der Waals surface area contributed by atoms with Crippen LogP contribution in [0, 0.1) is 23.7 Å². The van der Waals surface area contributed by atoms with E-state index in [1.807, 2.05) is 0 Å². The van der Waals surface area contributed by atoms with E-state index < -0.39 is 19.5 Å². The van der Waals surface area contributed by atoms with Crippen LogP contribution >= 0.6 is 46.4 Å². The monoisotopic (exact) mass is 324 g/mol. The Hall–Kier alpha value is 0.830. The first-order valence-electron chi connectivity index (χ1n) is 6.66. The molecule has 0 N–H and O–H groups in total. The number of carbonyl (C=O) groups is 1. The van der Waals surface area contributed by atoms with E-state index in [1.165, 1.54) is 0 Å². The summed E-state index contributed by atoms with van der Waals surface area (Å²) in [4.78, 5) is 9.24. The van der Waals surface area contributed by atoms with Crippen molar-refractivity contribution in [3.8, 4) is 0 Å². The summed E-state index contributed by atoms with van der Waals surface area (Å²) < 4.78 is 0. The van der Waals surface area contributed by atoms with Gasteiger partial charge < -0.3 is 0 Å². The summed E-state index contributed by atoms with van der Waals surface area (Å²) >= 11 is 27.4. The number of carbonyl (C=O) groups excluding carboxylic acids is 1. The lowest BCUT2D eigenvalue weighted by atomic mass is 9.38.